The number of aryl methyl sites for hydroxylation is 2. The molecule has 1 heterocycles. The van der Waals surface area contributed by atoms with Gasteiger partial charge in [0, 0.05) is 18.0 Å². The first-order valence-corrected chi connectivity index (χ1v) is 9.10. The third-order valence-corrected chi connectivity index (χ3v) is 4.78. The molecule has 0 fully saturated rings. The molecule has 6 heteroatoms. The van der Waals surface area contributed by atoms with Crippen molar-refractivity contribution in [3.05, 3.63) is 51.2 Å². The zero-order valence-corrected chi connectivity index (χ0v) is 15.7. The Bertz CT molecular complexity index is 727. The number of benzene rings is 1. The Morgan fingerprint density at radius 2 is 1.68 bits per heavy atom. The van der Waals surface area contributed by atoms with Crippen LogP contribution in [0.25, 0.3) is 0 Å². The molecule has 0 saturated carbocycles. The maximum Gasteiger partial charge on any atom is 0.258 e. The topological polar surface area (TPSA) is 67.4 Å². The van der Waals surface area contributed by atoms with E-state index < -0.39 is 0 Å². The number of amides is 2. The molecule has 0 spiro atoms. The first-order chi connectivity index (χ1) is 12.0. The molecule has 2 aromatic rings. The number of ether oxygens (including phenoxy) is 1. The van der Waals surface area contributed by atoms with Crippen molar-refractivity contribution >= 4 is 23.2 Å². The van der Waals surface area contributed by atoms with Gasteiger partial charge in [-0.3, -0.25) is 9.59 Å². The number of carbonyl (C=O) groups is 2. The summed E-state index contributed by atoms with van der Waals surface area (Å²) in [6.45, 7) is 6.71. The predicted molar refractivity (Wildman–Crippen MR) is 100 cm³/mol. The van der Waals surface area contributed by atoms with Gasteiger partial charge in [-0.2, -0.15) is 0 Å². The van der Waals surface area contributed by atoms with Crippen LogP contribution in [0.1, 0.15) is 21.6 Å². The molecule has 0 unspecified atom stereocenters. The van der Waals surface area contributed by atoms with Gasteiger partial charge in [-0.05, 0) is 48.9 Å². The molecule has 0 aliphatic carbocycles. The lowest BCUT2D eigenvalue weighted by Gasteiger charge is -2.14. The van der Waals surface area contributed by atoms with Crippen molar-refractivity contribution in [3.8, 4) is 5.75 Å². The Hall–Kier alpha value is -2.34. The van der Waals surface area contributed by atoms with Gasteiger partial charge in [0.15, 0.2) is 6.61 Å². The molecular formula is C19H24N2O3S. The highest BCUT2D eigenvalue weighted by molar-refractivity contribution is 7.10. The molecule has 0 radical (unpaired) electrons. The summed E-state index contributed by atoms with van der Waals surface area (Å²) in [6, 6.07) is 7.87. The van der Waals surface area contributed by atoms with Gasteiger partial charge in [-0.15, -0.1) is 11.3 Å². The van der Waals surface area contributed by atoms with Gasteiger partial charge in [0.25, 0.3) is 5.91 Å². The van der Waals surface area contributed by atoms with Crippen molar-refractivity contribution in [3.63, 3.8) is 0 Å². The Morgan fingerprint density at radius 1 is 1.00 bits per heavy atom. The minimum absolute atomic E-state index is 0.0335. The smallest absolute Gasteiger partial charge is 0.258 e. The number of carbonyl (C=O) groups excluding carboxylic acids is 2. The summed E-state index contributed by atoms with van der Waals surface area (Å²) in [4.78, 5) is 24.6. The van der Waals surface area contributed by atoms with Gasteiger partial charge in [0.1, 0.15) is 5.75 Å². The van der Waals surface area contributed by atoms with Crippen molar-refractivity contribution < 1.29 is 14.3 Å². The monoisotopic (exact) mass is 360 g/mol. The van der Waals surface area contributed by atoms with Crippen LogP contribution in [-0.2, 0) is 16.0 Å². The van der Waals surface area contributed by atoms with Crippen molar-refractivity contribution in [1.29, 1.82) is 0 Å². The summed E-state index contributed by atoms with van der Waals surface area (Å²) in [5.74, 6) is 0.520. The molecule has 0 aliphatic rings. The maximum absolute atomic E-state index is 11.9. The Morgan fingerprint density at radius 3 is 2.36 bits per heavy atom. The fourth-order valence-corrected chi connectivity index (χ4v) is 3.08. The highest BCUT2D eigenvalue weighted by atomic mass is 32.1. The SMILES string of the molecule is Cc1ccc(C)c(OCC(=O)NCCNC(=O)Cc2cccs2)c1C. The van der Waals surface area contributed by atoms with Crippen LogP contribution in [0, 0.1) is 20.8 Å². The third kappa shape index (κ3) is 5.90. The van der Waals surface area contributed by atoms with E-state index in [4.69, 9.17) is 4.74 Å². The molecule has 0 aliphatic heterocycles. The molecule has 0 saturated heterocycles. The average molecular weight is 360 g/mol. The molecular weight excluding hydrogens is 336 g/mol. The van der Waals surface area contributed by atoms with Crippen molar-refractivity contribution in [2.75, 3.05) is 19.7 Å². The quantitative estimate of drug-likeness (QED) is 0.711. The van der Waals surface area contributed by atoms with Crippen LogP contribution in [0.5, 0.6) is 5.75 Å². The highest BCUT2D eigenvalue weighted by Crippen LogP contribution is 2.25. The lowest BCUT2D eigenvalue weighted by Crippen LogP contribution is -2.37. The highest BCUT2D eigenvalue weighted by Gasteiger charge is 2.09. The number of thiophene rings is 1. The summed E-state index contributed by atoms with van der Waals surface area (Å²) in [6.07, 6.45) is 0.376. The van der Waals surface area contributed by atoms with Crippen LogP contribution >= 0.6 is 11.3 Å². The zero-order chi connectivity index (χ0) is 18.2. The Labute approximate surface area is 152 Å². The largest absolute Gasteiger partial charge is 0.483 e. The molecule has 5 nitrogen and oxygen atoms in total. The number of hydrogen-bond donors (Lipinski definition) is 2. The Balaban J connectivity index is 1.66. The first kappa shape index (κ1) is 19.0. The van der Waals surface area contributed by atoms with E-state index in [1.807, 2.05) is 50.4 Å². The summed E-state index contributed by atoms with van der Waals surface area (Å²) in [5.41, 5.74) is 3.19. The normalized spacial score (nSPS) is 10.4. The second-order valence-corrected chi connectivity index (χ2v) is 6.93. The molecule has 2 rings (SSSR count). The summed E-state index contributed by atoms with van der Waals surface area (Å²) >= 11 is 1.56. The number of rotatable bonds is 8. The molecule has 25 heavy (non-hydrogen) atoms. The maximum atomic E-state index is 11.9. The molecule has 1 aromatic carbocycles. The molecule has 1 aromatic heterocycles. The summed E-state index contributed by atoms with van der Waals surface area (Å²) in [5, 5.41) is 7.48. The van der Waals surface area contributed by atoms with E-state index >= 15 is 0 Å². The predicted octanol–water partition coefficient (Wildman–Crippen LogP) is 2.53. The summed E-state index contributed by atoms with van der Waals surface area (Å²) < 4.78 is 5.66. The van der Waals surface area contributed by atoms with Crippen molar-refractivity contribution in [2.24, 2.45) is 0 Å². The van der Waals surface area contributed by atoms with E-state index in [9.17, 15) is 9.59 Å². The molecule has 2 N–H and O–H groups in total. The van der Waals surface area contributed by atoms with Crippen LogP contribution in [-0.4, -0.2) is 31.5 Å². The standard InChI is InChI=1S/C19H24N2O3S/c1-13-6-7-14(2)19(15(13)3)24-12-18(23)21-9-8-20-17(22)11-16-5-4-10-25-16/h4-7,10H,8-9,11-12H2,1-3H3,(H,20,22)(H,21,23). The van der Waals surface area contributed by atoms with E-state index in [0.717, 1.165) is 27.3 Å². The average Bonchev–Trinajstić information content (AvgIpc) is 3.08. The van der Waals surface area contributed by atoms with Gasteiger partial charge in [0.2, 0.25) is 5.91 Å². The van der Waals surface area contributed by atoms with Crippen LogP contribution < -0.4 is 15.4 Å². The van der Waals surface area contributed by atoms with E-state index in [1.54, 1.807) is 11.3 Å². The lowest BCUT2D eigenvalue weighted by molar-refractivity contribution is -0.124. The van der Waals surface area contributed by atoms with Gasteiger partial charge in [-0.1, -0.05) is 18.2 Å². The minimum atomic E-state index is -0.201. The van der Waals surface area contributed by atoms with E-state index in [0.29, 0.717) is 19.5 Å². The molecule has 0 atom stereocenters. The Kier molecular flexibility index (Phi) is 7.01. The van der Waals surface area contributed by atoms with Crippen molar-refractivity contribution in [2.45, 2.75) is 27.2 Å². The van der Waals surface area contributed by atoms with Crippen LogP contribution in [0.15, 0.2) is 29.6 Å². The van der Waals surface area contributed by atoms with Crippen LogP contribution in [0.2, 0.25) is 0 Å². The molecule has 2 amide bonds. The van der Waals surface area contributed by atoms with E-state index in [-0.39, 0.29) is 18.4 Å². The van der Waals surface area contributed by atoms with E-state index in [2.05, 4.69) is 10.6 Å². The summed E-state index contributed by atoms with van der Waals surface area (Å²) in [7, 11) is 0. The van der Waals surface area contributed by atoms with Crippen LogP contribution in [0.3, 0.4) is 0 Å². The van der Waals surface area contributed by atoms with Gasteiger partial charge in [-0.25, -0.2) is 0 Å². The van der Waals surface area contributed by atoms with Gasteiger partial charge >= 0.3 is 0 Å². The lowest BCUT2D eigenvalue weighted by atomic mass is 10.1. The fraction of sp³-hybridized carbons (Fsp3) is 0.368. The number of hydrogen-bond acceptors (Lipinski definition) is 4. The third-order valence-electron chi connectivity index (χ3n) is 3.91. The molecule has 0 bridgehead atoms. The second-order valence-electron chi connectivity index (χ2n) is 5.90. The molecule has 134 valence electrons. The first-order valence-electron chi connectivity index (χ1n) is 8.22. The van der Waals surface area contributed by atoms with Gasteiger partial charge < -0.3 is 15.4 Å². The van der Waals surface area contributed by atoms with Crippen molar-refractivity contribution in [1.82, 2.24) is 10.6 Å². The van der Waals surface area contributed by atoms with E-state index in [1.165, 1.54) is 0 Å². The second kappa shape index (κ2) is 9.22. The van der Waals surface area contributed by atoms with Gasteiger partial charge in [0.05, 0.1) is 6.42 Å². The fourth-order valence-electron chi connectivity index (χ4n) is 2.37. The zero-order valence-electron chi connectivity index (χ0n) is 14.8. The van der Waals surface area contributed by atoms with Crippen LogP contribution in [0.4, 0.5) is 0 Å². The minimum Gasteiger partial charge on any atom is -0.483 e. The number of nitrogens with one attached hydrogen (secondary N) is 2.